The van der Waals surface area contributed by atoms with E-state index in [0.29, 0.717) is 5.56 Å². The fourth-order valence-electron chi connectivity index (χ4n) is 4.04. The number of benzene rings is 3. The van der Waals surface area contributed by atoms with Gasteiger partial charge in [0.05, 0.1) is 13.7 Å². The fourth-order valence-corrected chi connectivity index (χ4v) is 4.04. The van der Waals surface area contributed by atoms with Crippen LogP contribution in [0.15, 0.2) is 84.9 Å². The molecule has 0 radical (unpaired) electrons. The van der Waals surface area contributed by atoms with Crippen molar-refractivity contribution in [3.8, 4) is 11.1 Å². The molecule has 32 heavy (non-hydrogen) atoms. The number of aliphatic hydroxyl groups is 1. The molecule has 1 N–H and O–H groups in total. The average Bonchev–Trinajstić information content (AvgIpc) is 3.22. The van der Waals surface area contributed by atoms with Crippen molar-refractivity contribution in [3.05, 3.63) is 96.1 Å². The van der Waals surface area contributed by atoms with Crippen LogP contribution in [0, 0.1) is 0 Å². The van der Waals surface area contributed by atoms with Gasteiger partial charge in [-0.2, -0.15) is 0 Å². The number of ether oxygens (including phenoxy) is 2. The van der Waals surface area contributed by atoms with Gasteiger partial charge >= 0.3 is 12.1 Å². The van der Waals surface area contributed by atoms with Crippen LogP contribution in [0.25, 0.3) is 11.1 Å². The summed E-state index contributed by atoms with van der Waals surface area (Å²) < 4.78 is 10.3. The molecule has 1 heterocycles. The fraction of sp³-hybridized carbons (Fsp3) is 0.231. The summed E-state index contributed by atoms with van der Waals surface area (Å²) >= 11 is 0. The molecule has 1 aliphatic heterocycles. The molecule has 0 saturated carbocycles. The van der Waals surface area contributed by atoms with E-state index < -0.39 is 23.7 Å². The largest absolute Gasteiger partial charge is 0.467 e. The van der Waals surface area contributed by atoms with Gasteiger partial charge in [-0.1, -0.05) is 84.9 Å². The van der Waals surface area contributed by atoms with Crippen LogP contribution >= 0.6 is 0 Å². The second-order valence-electron chi connectivity index (χ2n) is 7.89. The van der Waals surface area contributed by atoms with E-state index in [1.165, 1.54) is 12.0 Å². The lowest BCUT2D eigenvalue weighted by atomic mass is 9.90. The maximum absolute atomic E-state index is 12.8. The number of methoxy groups -OCH3 is 1. The number of amides is 1. The molecule has 0 aliphatic carbocycles. The Morgan fingerprint density at radius 2 is 1.53 bits per heavy atom. The van der Waals surface area contributed by atoms with E-state index in [1.807, 2.05) is 84.9 Å². The Morgan fingerprint density at radius 1 is 0.938 bits per heavy atom. The van der Waals surface area contributed by atoms with E-state index in [1.54, 1.807) is 0 Å². The maximum Gasteiger partial charge on any atom is 0.410 e. The van der Waals surface area contributed by atoms with Gasteiger partial charge in [0.25, 0.3) is 0 Å². The van der Waals surface area contributed by atoms with Crippen LogP contribution in [0.1, 0.15) is 17.5 Å². The second-order valence-corrected chi connectivity index (χ2v) is 7.89. The molecule has 0 spiro atoms. The van der Waals surface area contributed by atoms with Crippen molar-refractivity contribution in [1.82, 2.24) is 4.90 Å². The lowest BCUT2D eigenvalue weighted by Gasteiger charge is -2.24. The number of hydrogen-bond acceptors (Lipinski definition) is 5. The van der Waals surface area contributed by atoms with Crippen molar-refractivity contribution < 1.29 is 24.2 Å². The Labute approximate surface area is 187 Å². The zero-order valence-corrected chi connectivity index (χ0v) is 17.8. The monoisotopic (exact) mass is 431 g/mol. The second kappa shape index (κ2) is 9.24. The lowest BCUT2D eigenvalue weighted by molar-refractivity contribution is -0.145. The van der Waals surface area contributed by atoms with E-state index in [2.05, 4.69) is 0 Å². The van der Waals surface area contributed by atoms with Gasteiger partial charge in [-0.25, -0.2) is 9.59 Å². The minimum atomic E-state index is -1.39. The number of carbonyl (C=O) groups excluding carboxylic acids is 2. The molecule has 3 aromatic carbocycles. The van der Waals surface area contributed by atoms with Gasteiger partial charge in [0.2, 0.25) is 0 Å². The predicted molar refractivity (Wildman–Crippen MR) is 120 cm³/mol. The van der Waals surface area contributed by atoms with Crippen LogP contribution in [0.5, 0.6) is 0 Å². The van der Waals surface area contributed by atoms with Crippen molar-refractivity contribution in [1.29, 1.82) is 0 Å². The molecule has 2 atom stereocenters. The van der Waals surface area contributed by atoms with Crippen molar-refractivity contribution in [2.24, 2.45) is 0 Å². The van der Waals surface area contributed by atoms with E-state index in [4.69, 9.17) is 9.47 Å². The standard InChI is InChI=1S/C26H25NO5/c1-31-24(28)23-16-26(30,18-27(23)25(29)32-17-19-8-4-2-5-9-19)22-14-12-21(13-15-22)20-10-6-3-7-11-20/h2-15,23,30H,16-18H2,1H3. The molecule has 2 unspecified atom stereocenters. The zero-order chi connectivity index (χ0) is 22.6. The Kier molecular flexibility index (Phi) is 6.23. The van der Waals surface area contributed by atoms with E-state index in [9.17, 15) is 14.7 Å². The smallest absolute Gasteiger partial charge is 0.410 e. The van der Waals surface area contributed by atoms with Gasteiger partial charge in [0, 0.05) is 6.42 Å². The molecule has 1 amide bonds. The third kappa shape index (κ3) is 4.50. The number of carbonyl (C=O) groups is 2. The molecule has 3 aromatic rings. The molecule has 4 rings (SSSR count). The minimum absolute atomic E-state index is 0.0325. The summed E-state index contributed by atoms with van der Waals surface area (Å²) in [5.41, 5.74) is 2.15. The molecule has 0 bridgehead atoms. The third-order valence-corrected chi connectivity index (χ3v) is 5.78. The van der Waals surface area contributed by atoms with E-state index in [0.717, 1.165) is 16.7 Å². The van der Waals surface area contributed by atoms with Crippen molar-refractivity contribution >= 4 is 12.1 Å². The molecular weight excluding hydrogens is 406 g/mol. The highest BCUT2D eigenvalue weighted by molar-refractivity contribution is 5.82. The Bertz CT molecular complexity index is 1070. The molecule has 1 fully saturated rings. The van der Waals surface area contributed by atoms with Crippen LogP contribution in [0.2, 0.25) is 0 Å². The molecule has 0 aromatic heterocycles. The summed E-state index contributed by atoms with van der Waals surface area (Å²) in [6.45, 7) is 0.0132. The molecule has 164 valence electrons. The quantitative estimate of drug-likeness (QED) is 0.615. The number of rotatable bonds is 5. The van der Waals surface area contributed by atoms with Crippen LogP contribution in [0.3, 0.4) is 0 Å². The zero-order valence-electron chi connectivity index (χ0n) is 17.8. The van der Waals surface area contributed by atoms with Crippen molar-refractivity contribution in [2.75, 3.05) is 13.7 Å². The minimum Gasteiger partial charge on any atom is -0.467 e. The first-order valence-corrected chi connectivity index (χ1v) is 10.4. The topological polar surface area (TPSA) is 76.1 Å². The third-order valence-electron chi connectivity index (χ3n) is 5.78. The molecular formula is C26H25NO5. The Morgan fingerprint density at radius 3 is 2.16 bits per heavy atom. The molecule has 6 nitrogen and oxygen atoms in total. The van der Waals surface area contributed by atoms with Crippen molar-refractivity contribution in [2.45, 2.75) is 24.7 Å². The summed E-state index contributed by atoms with van der Waals surface area (Å²) in [6.07, 6.45) is -0.633. The van der Waals surface area contributed by atoms with Crippen LogP contribution in [0.4, 0.5) is 4.79 Å². The van der Waals surface area contributed by atoms with Crippen LogP contribution < -0.4 is 0 Å². The Balaban J connectivity index is 1.53. The van der Waals surface area contributed by atoms with Gasteiger partial charge in [-0.15, -0.1) is 0 Å². The number of nitrogens with zero attached hydrogens (tertiary/aromatic N) is 1. The summed E-state index contributed by atoms with van der Waals surface area (Å²) in [5.74, 6) is -0.585. The van der Waals surface area contributed by atoms with E-state index >= 15 is 0 Å². The maximum atomic E-state index is 12.8. The predicted octanol–water partition coefficient (Wildman–Crippen LogP) is 4.13. The molecule has 6 heteroatoms. The van der Waals surface area contributed by atoms with Gasteiger partial charge in [0.15, 0.2) is 0 Å². The first kappa shape index (κ1) is 21.6. The number of esters is 1. The highest BCUT2D eigenvalue weighted by Gasteiger charge is 2.50. The first-order chi connectivity index (χ1) is 15.5. The SMILES string of the molecule is COC(=O)C1CC(O)(c2ccc(-c3ccccc3)cc2)CN1C(=O)OCc1ccccc1. The average molecular weight is 431 g/mol. The number of hydrogen-bond donors (Lipinski definition) is 1. The highest BCUT2D eigenvalue weighted by Crippen LogP contribution is 2.37. The lowest BCUT2D eigenvalue weighted by Crippen LogP contribution is -2.41. The summed E-state index contributed by atoms with van der Waals surface area (Å²) in [6, 6.07) is 25.8. The number of β-amino-alcohol motifs (C(OH)–C–C–N with tert-alkyl or cyclic N) is 1. The van der Waals surface area contributed by atoms with Crippen LogP contribution in [-0.2, 0) is 26.5 Å². The van der Waals surface area contributed by atoms with Gasteiger partial charge in [0.1, 0.15) is 18.2 Å². The Hall–Kier alpha value is -3.64. The van der Waals surface area contributed by atoms with Crippen LogP contribution in [-0.4, -0.2) is 41.8 Å². The normalized spacial score (nSPS) is 20.1. The van der Waals surface area contributed by atoms with Crippen molar-refractivity contribution in [3.63, 3.8) is 0 Å². The molecule has 1 aliphatic rings. The van der Waals surface area contributed by atoms with Gasteiger partial charge < -0.3 is 14.6 Å². The summed E-state index contributed by atoms with van der Waals surface area (Å²) in [7, 11) is 1.27. The van der Waals surface area contributed by atoms with Gasteiger partial charge in [-0.3, -0.25) is 4.90 Å². The summed E-state index contributed by atoms with van der Waals surface area (Å²) in [4.78, 5) is 26.4. The summed E-state index contributed by atoms with van der Waals surface area (Å²) in [5, 5.41) is 11.4. The molecule has 1 saturated heterocycles. The highest BCUT2D eigenvalue weighted by atomic mass is 16.6. The number of likely N-dealkylation sites (tertiary alicyclic amines) is 1. The van der Waals surface area contributed by atoms with Gasteiger partial charge in [-0.05, 0) is 22.3 Å². The van der Waals surface area contributed by atoms with E-state index in [-0.39, 0.29) is 19.6 Å². The first-order valence-electron chi connectivity index (χ1n) is 10.4.